The van der Waals surface area contributed by atoms with Crippen LogP contribution < -0.4 is 5.32 Å². The van der Waals surface area contributed by atoms with Crippen LogP contribution in [0.4, 0.5) is 0 Å². The van der Waals surface area contributed by atoms with Gasteiger partial charge in [-0.25, -0.2) is 8.42 Å². The quantitative estimate of drug-likeness (QED) is 0.811. The molecule has 1 aromatic heterocycles. The summed E-state index contributed by atoms with van der Waals surface area (Å²) in [5.74, 6) is -0.0382. The van der Waals surface area contributed by atoms with Crippen molar-refractivity contribution in [3.8, 4) is 0 Å². The van der Waals surface area contributed by atoms with Gasteiger partial charge in [-0.15, -0.1) is 12.4 Å². The lowest BCUT2D eigenvalue weighted by molar-refractivity contribution is 0.0670. The Morgan fingerprint density at radius 1 is 1.11 bits per heavy atom. The maximum Gasteiger partial charge on any atom is 0.271 e. The molecule has 2 unspecified atom stereocenters. The number of fused-ring (bicyclic) bond motifs is 2. The fraction of sp³-hybridized carbons (Fsp3) is 0.722. The molecule has 3 aliphatic heterocycles. The Balaban J connectivity index is 0.00000210. The smallest absolute Gasteiger partial charge is 0.271 e. The Bertz CT molecular complexity index is 775. The van der Waals surface area contributed by atoms with E-state index in [-0.39, 0.29) is 35.3 Å². The van der Waals surface area contributed by atoms with E-state index < -0.39 is 10.0 Å². The Morgan fingerprint density at radius 3 is 2.56 bits per heavy atom. The standard InChI is InChI=1S/C18H28N4O3S.ClH/c1-20-13-16(26(24,25)21-9-3-2-4-10-21)11-17(20)18(23)22-14-5-6-15(22)12-19-8-7-14;/h11,13-15,19H,2-10,12H2,1H3;1H. The molecule has 4 rings (SSSR count). The van der Waals surface area contributed by atoms with Gasteiger partial charge in [0.2, 0.25) is 10.0 Å². The molecule has 27 heavy (non-hydrogen) atoms. The first kappa shape index (κ1) is 20.6. The van der Waals surface area contributed by atoms with Crippen molar-refractivity contribution in [2.24, 2.45) is 7.05 Å². The number of nitrogens with zero attached hydrogens (tertiary/aromatic N) is 3. The van der Waals surface area contributed by atoms with Crippen molar-refractivity contribution in [1.29, 1.82) is 0 Å². The Morgan fingerprint density at radius 2 is 1.81 bits per heavy atom. The maximum atomic E-state index is 13.2. The average Bonchev–Trinajstić information content (AvgIpc) is 3.14. The summed E-state index contributed by atoms with van der Waals surface area (Å²) in [4.78, 5) is 15.5. The second kappa shape index (κ2) is 8.11. The number of halogens is 1. The van der Waals surface area contributed by atoms with Crippen molar-refractivity contribution in [2.45, 2.75) is 55.5 Å². The number of aryl methyl sites for hydroxylation is 1. The van der Waals surface area contributed by atoms with Crippen LogP contribution in [0.1, 0.15) is 49.0 Å². The molecule has 152 valence electrons. The van der Waals surface area contributed by atoms with E-state index in [2.05, 4.69) is 5.32 Å². The molecule has 1 N–H and O–H groups in total. The van der Waals surface area contributed by atoms with Gasteiger partial charge < -0.3 is 14.8 Å². The number of hydrogen-bond donors (Lipinski definition) is 1. The first-order valence-corrected chi connectivity index (χ1v) is 11.1. The molecule has 1 aromatic rings. The van der Waals surface area contributed by atoms with Gasteiger partial charge in [0.1, 0.15) is 10.6 Å². The van der Waals surface area contributed by atoms with Crippen LogP contribution in [0.5, 0.6) is 0 Å². The van der Waals surface area contributed by atoms with Crippen molar-refractivity contribution in [1.82, 2.24) is 19.1 Å². The van der Waals surface area contributed by atoms with E-state index >= 15 is 0 Å². The fourth-order valence-electron chi connectivity index (χ4n) is 4.59. The number of carbonyl (C=O) groups excluding carboxylic acids is 1. The highest BCUT2D eigenvalue weighted by atomic mass is 35.5. The molecular weight excluding hydrogens is 388 g/mol. The molecule has 0 aliphatic carbocycles. The van der Waals surface area contributed by atoms with Crippen LogP contribution >= 0.6 is 12.4 Å². The number of rotatable bonds is 3. The molecule has 3 saturated heterocycles. The highest BCUT2D eigenvalue weighted by molar-refractivity contribution is 7.89. The first-order valence-electron chi connectivity index (χ1n) is 9.68. The van der Waals surface area contributed by atoms with E-state index in [0.29, 0.717) is 18.8 Å². The predicted molar refractivity (Wildman–Crippen MR) is 106 cm³/mol. The third-order valence-corrected chi connectivity index (χ3v) is 7.90. The number of sulfonamides is 1. The molecule has 2 atom stereocenters. The number of hydrogen-bond acceptors (Lipinski definition) is 4. The molecule has 2 bridgehead atoms. The largest absolute Gasteiger partial charge is 0.345 e. The fourth-order valence-corrected chi connectivity index (χ4v) is 6.18. The summed E-state index contributed by atoms with van der Waals surface area (Å²) < 4.78 is 29.1. The summed E-state index contributed by atoms with van der Waals surface area (Å²) in [5, 5.41) is 3.40. The summed E-state index contributed by atoms with van der Waals surface area (Å²) in [6.45, 7) is 2.91. The number of carbonyl (C=O) groups is 1. The van der Waals surface area contributed by atoms with Gasteiger partial charge in [-0.1, -0.05) is 6.42 Å². The minimum atomic E-state index is -3.52. The van der Waals surface area contributed by atoms with Crippen molar-refractivity contribution in [2.75, 3.05) is 26.2 Å². The average molecular weight is 417 g/mol. The van der Waals surface area contributed by atoms with Gasteiger partial charge in [-0.3, -0.25) is 4.79 Å². The molecule has 1 amide bonds. The third kappa shape index (κ3) is 3.77. The van der Waals surface area contributed by atoms with Gasteiger partial charge in [-0.05, 0) is 44.7 Å². The van der Waals surface area contributed by atoms with E-state index in [1.54, 1.807) is 28.2 Å². The van der Waals surface area contributed by atoms with Crippen LogP contribution in [0.25, 0.3) is 0 Å². The highest BCUT2D eigenvalue weighted by Crippen LogP contribution is 2.30. The minimum Gasteiger partial charge on any atom is -0.345 e. The van der Waals surface area contributed by atoms with Crippen LogP contribution in [0, 0.1) is 0 Å². The van der Waals surface area contributed by atoms with Gasteiger partial charge in [0.05, 0.1) is 0 Å². The lowest BCUT2D eigenvalue weighted by Gasteiger charge is -2.28. The molecular formula is C18H29ClN4O3S. The van der Waals surface area contributed by atoms with E-state index in [4.69, 9.17) is 0 Å². The van der Waals surface area contributed by atoms with Gasteiger partial charge in [0.25, 0.3) is 5.91 Å². The molecule has 4 heterocycles. The summed E-state index contributed by atoms with van der Waals surface area (Å²) in [6.07, 6.45) is 7.51. The van der Waals surface area contributed by atoms with E-state index in [0.717, 1.165) is 51.6 Å². The Labute approximate surface area is 167 Å². The Kier molecular flexibility index (Phi) is 6.20. The molecule has 7 nitrogen and oxygen atoms in total. The molecule has 3 aliphatic rings. The summed E-state index contributed by atoms with van der Waals surface area (Å²) in [6, 6.07) is 2.05. The van der Waals surface area contributed by atoms with Crippen LogP contribution in [0.2, 0.25) is 0 Å². The zero-order valence-electron chi connectivity index (χ0n) is 15.8. The van der Waals surface area contributed by atoms with Crippen LogP contribution in [-0.2, 0) is 17.1 Å². The maximum absolute atomic E-state index is 13.2. The zero-order chi connectivity index (χ0) is 18.3. The predicted octanol–water partition coefficient (Wildman–Crippen LogP) is 1.59. The van der Waals surface area contributed by atoms with Crippen LogP contribution in [-0.4, -0.2) is 66.4 Å². The number of amides is 1. The third-order valence-electron chi connectivity index (χ3n) is 6.04. The number of piperidine rings is 1. The topological polar surface area (TPSA) is 74.7 Å². The molecule has 9 heteroatoms. The number of aromatic nitrogens is 1. The van der Waals surface area contributed by atoms with Crippen molar-refractivity contribution in [3.05, 3.63) is 18.0 Å². The molecule has 0 saturated carbocycles. The van der Waals surface area contributed by atoms with E-state index in [1.165, 1.54) is 0 Å². The first-order chi connectivity index (χ1) is 12.5. The lowest BCUT2D eigenvalue weighted by atomic mass is 10.1. The normalized spacial score (nSPS) is 26.5. The van der Waals surface area contributed by atoms with Gasteiger partial charge in [0, 0.05) is 45.0 Å². The summed E-state index contributed by atoms with van der Waals surface area (Å²) in [7, 11) is -1.75. The molecule has 0 spiro atoms. The van der Waals surface area contributed by atoms with Gasteiger partial charge in [0.15, 0.2) is 0 Å². The molecule has 0 radical (unpaired) electrons. The summed E-state index contributed by atoms with van der Waals surface area (Å²) >= 11 is 0. The minimum absolute atomic E-state index is 0. The van der Waals surface area contributed by atoms with Crippen LogP contribution in [0.15, 0.2) is 17.2 Å². The molecule has 0 aromatic carbocycles. The van der Waals surface area contributed by atoms with E-state index in [1.807, 2.05) is 4.90 Å². The SMILES string of the molecule is Cl.Cn1cc(S(=O)(=O)N2CCCCC2)cc1C(=O)N1C2CCNCC1CC2. The van der Waals surface area contributed by atoms with Gasteiger partial charge in [-0.2, -0.15) is 4.31 Å². The zero-order valence-corrected chi connectivity index (χ0v) is 17.4. The second-order valence-electron chi connectivity index (χ2n) is 7.73. The lowest BCUT2D eigenvalue weighted by Crippen LogP contribution is -2.43. The van der Waals surface area contributed by atoms with Crippen molar-refractivity contribution in [3.63, 3.8) is 0 Å². The summed E-state index contributed by atoms with van der Waals surface area (Å²) in [5.41, 5.74) is 0.472. The van der Waals surface area contributed by atoms with Crippen molar-refractivity contribution < 1.29 is 13.2 Å². The van der Waals surface area contributed by atoms with Gasteiger partial charge >= 0.3 is 0 Å². The molecule has 3 fully saturated rings. The number of nitrogens with one attached hydrogen (secondary N) is 1. The van der Waals surface area contributed by atoms with Crippen LogP contribution in [0.3, 0.4) is 0 Å². The Hall–Kier alpha value is -1.09. The van der Waals surface area contributed by atoms with E-state index in [9.17, 15) is 13.2 Å². The van der Waals surface area contributed by atoms with Crippen molar-refractivity contribution >= 4 is 28.3 Å². The second-order valence-corrected chi connectivity index (χ2v) is 9.66. The monoisotopic (exact) mass is 416 g/mol. The highest BCUT2D eigenvalue weighted by Gasteiger charge is 2.39.